The number of aliphatic hydroxyl groups excluding tert-OH is 2. The highest BCUT2D eigenvalue weighted by Crippen LogP contribution is 2.12. The molecule has 1 heterocycles. The zero-order valence-electron chi connectivity index (χ0n) is 11.0. The van der Waals surface area contributed by atoms with Crippen molar-refractivity contribution in [1.29, 1.82) is 5.26 Å². The van der Waals surface area contributed by atoms with Crippen LogP contribution in [0.4, 0.5) is 5.69 Å². The quantitative estimate of drug-likeness (QED) is 0.703. The van der Waals surface area contributed by atoms with Crippen LogP contribution in [0.1, 0.15) is 5.56 Å². The normalized spacial score (nSPS) is 22.4. The molecule has 20 heavy (non-hydrogen) atoms. The molecule has 0 aliphatic carbocycles. The van der Waals surface area contributed by atoms with Crippen LogP contribution in [0.15, 0.2) is 24.3 Å². The second-order valence-corrected chi connectivity index (χ2v) is 4.91. The number of carbonyl (C=O) groups is 1. The van der Waals surface area contributed by atoms with Crippen molar-refractivity contribution in [1.82, 2.24) is 4.90 Å². The van der Waals surface area contributed by atoms with E-state index in [0.717, 1.165) is 5.56 Å². The van der Waals surface area contributed by atoms with Gasteiger partial charge in [0.25, 0.3) is 0 Å². The third-order valence-corrected chi connectivity index (χ3v) is 3.22. The maximum Gasteiger partial charge on any atom is 0.238 e. The molecule has 106 valence electrons. The van der Waals surface area contributed by atoms with Gasteiger partial charge in [0.1, 0.15) is 0 Å². The van der Waals surface area contributed by atoms with E-state index < -0.39 is 12.2 Å². The minimum absolute atomic E-state index is 0.133. The Morgan fingerprint density at radius 1 is 1.30 bits per heavy atom. The summed E-state index contributed by atoms with van der Waals surface area (Å²) in [6, 6.07) is 9.14. The van der Waals surface area contributed by atoms with Gasteiger partial charge in [-0.3, -0.25) is 9.69 Å². The number of nitrogens with zero attached hydrogens (tertiary/aromatic N) is 2. The number of carbonyl (C=O) groups excluding carboxylic acids is 1. The van der Waals surface area contributed by atoms with E-state index in [1.165, 1.54) is 0 Å². The average Bonchev–Trinajstić information content (AvgIpc) is 2.71. The number of hydrogen-bond donors (Lipinski definition) is 3. The number of likely N-dealkylation sites (tertiary alicyclic amines) is 1. The van der Waals surface area contributed by atoms with Gasteiger partial charge in [-0.2, -0.15) is 5.26 Å². The van der Waals surface area contributed by atoms with Gasteiger partial charge in [0.15, 0.2) is 0 Å². The molecule has 1 saturated heterocycles. The Morgan fingerprint density at radius 3 is 2.45 bits per heavy atom. The number of β-amino-alcohol motifs (C(OH)–C–C–N with tert-alkyl or cyclic N) is 2. The van der Waals surface area contributed by atoms with Gasteiger partial charge in [-0.15, -0.1) is 0 Å². The number of benzene rings is 1. The van der Waals surface area contributed by atoms with Crippen molar-refractivity contribution in [2.45, 2.75) is 18.6 Å². The van der Waals surface area contributed by atoms with Crippen molar-refractivity contribution in [3.05, 3.63) is 29.8 Å². The van der Waals surface area contributed by atoms with Gasteiger partial charge >= 0.3 is 0 Å². The van der Waals surface area contributed by atoms with Crippen LogP contribution in [0, 0.1) is 11.3 Å². The van der Waals surface area contributed by atoms with E-state index in [-0.39, 0.29) is 12.5 Å². The molecule has 2 atom stereocenters. The lowest BCUT2D eigenvalue weighted by Gasteiger charge is -2.14. The molecule has 0 saturated carbocycles. The lowest BCUT2D eigenvalue weighted by atomic mass is 10.1. The van der Waals surface area contributed by atoms with Gasteiger partial charge in [-0.25, -0.2) is 0 Å². The monoisotopic (exact) mass is 275 g/mol. The summed E-state index contributed by atoms with van der Waals surface area (Å²) in [4.78, 5) is 13.5. The average molecular weight is 275 g/mol. The summed E-state index contributed by atoms with van der Waals surface area (Å²) in [6.45, 7) is 0.736. The first-order valence-electron chi connectivity index (χ1n) is 6.42. The summed E-state index contributed by atoms with van der Waals surface area (Å²) in [5, 5.41) is 30.1. The van der Waals surface area contributed by atoms with E-state index in [4.69, 9.17) is 5.26 Å². The molecule has 0 bridgehead atoms. The Kier molecular flexibility index (Phi) is 4.69. The first-order valence-corrected chi connectivity index (χ1v) is 6.42. The summed E-state index contributed by atoms with van der Waals surface area (Å²) in [7, 11) is 0. The summed E-state index contributed by atoms with van der Waals surface area (Å²) < 4.78 is 0. The number of hydrogen-bond acceptors (Lipinski definition) is 5. The first kappa shape index (κ1) is 14.5. The maximum atomic E-state index is 11.8. The molecule has 1 fully saturated rings. The Bertz CT molecular complexity index is 499. The largest absolute Gasteiger partial charge is 0.389 e. The maximum absolute atomic E-state index is 11.8. The molecule has 0 aromatic heterocycles. The molecule has 3 N–H and O–H groups in total. The van der Waals surface area contributed by atoms with Crippen molar-refractivity contribution in [3.8, 4) is 6.07 Å². The molecule has 2 rings (SSSR count). The second-order valence-electron chi connectivity index (χ2n) is 4.91. The van der Waals surface area contributed by atoms with Crippen LogP contribution in [0.2, 0.25) is 0 Å². The fourth-order valence-corrected chi connectivity index (χ4v) is 2.18. The molecular formula is C14H17N3O3. The molecular weight excluding hydrogens is 258 g/mol. The number of amides is 1. The zero-order chi connectivity index (χ0) is 14.5. The van der Waals surface area contributed by atoms with Crippen LogP contribution >= 0.6 is 0 Å². The number of rotatable bonds is 4. The zero-order valence-corrected chi connectivity index (χ0v) is 11.0. The van der Waals surface area contributed by atoms with Crippen molar-refractivity contribution in [3.63, 3.8) is 0 Å². The number of nitrogens with one attached hydrogen (secondary N) is 1. The van der Waals surface area contributed by atoms with Gasteiger partial charge in [0.05, 0.1) is 31.2 Å². The molecule has 1 aliphatic heterocycles. The van der Waals surface area contributed by atoms with Gasteiger partial charge in [0, 0.05) is 18.8 Å². The van der Waals surface area contributed by atoms with Gasteiger partial charge in [0.2, 0.25) is 5.91 Å². The molecule has 1 amide bonds. The SMILES string of the molecule is N#CCc1ccc(NC(=O)CN2C[C@@H](O)[C@@H](O)C2)cc1. The summed E-state index contributed by atoms with van der Waals surface area (Å²) >= 11 is 0. The molecule has 1 aliphatic rings. The number of aliphatic hydroxyl groups is 2. The van der Waals surface area contributed by atoms with Crippen molar-refractivity contribution < 1.29 is 15.0 Å². The lowest BCUT2D eigenvalue weighted by Crippen LogP contribution is -2.32. The molecule has 1 aromatic rings. The molecule has 0 radical (unpaired) electrons. The van der Waals surface area contributed by atoms with E-state index in [9.17, 15) is 15.0 Å². The highest BCUT2D eigenvalue weighted by molar-refractivity contribution is 5.92. The highest BCUT2D eigenvalue weighted by Gasteiger charge is 2.30. The Balaban J connectivity index is 1.84. The van der Waals surface area contributed by atoms with Crippen molar-refractivity contribution >= 4 is 11.6 Å². The molecule has 6 nitrogen and oxygen atoms in total. The smallest absolute Gasteiger partial charge is 0.238 e. The minimum Gasteiger partial charge on any atom is -0.389 e. The Hall–Kier alpha value is -1.94. The van der Waals surface area contributed by atoms with Crippen molar-refractivity contribution in [2.24, 2.45) is 0 Å². The third-order valence-electron chi connectivity index (χ3n) is 3.22. The first-order chi connectivity index (χ1) is 9.58. The lowest BCUT2D eigenvalue weighted by molar-refractivity contribution is -0.117. The van der Waals surface area contributed by atoms with Gasteiger partial charge in [-0.1, -0.05) is 12.1 Å². The van der Waals surface area contributed by atoms with Crippen LogP contribution in [0.5, 0.6) is 0 Å². The number of nitriles is 1. The Labute approximate surface area is 117 Å². The summed E-state index contributed by atoms with van der Waals surface area (Å²) in [6.07, 6.45) is -1.22. The molecule has 6 heteroatoms. The van der Waals surface area contributed by atoms with E-state index in [1.54, 1.807) is 29.2 Å². The minimum atomic E-state index is -0.784. The van der Waals surface area contributed by atoms with Crippen LogP contribution in [-0.2, 0) is 11.2 Å². The van der Waals surface area contributed by atoms with E-state index in [0.29, 0.717) is 25.2 Å². The van der Waals surface area contributed by atoms with Crippen molar-refractivity contribution in [2.75, 3.05) is 25.0 Å². The topological polar surface area (TPSA) is 96.6 Å². The van der Waals surface area contributed by atoms with Crippen LogP contribution in [0.3, 0.4) is 0 Å². The fourth-order valence-electron chi connectivity index (χ4n) is 2.18. The van der Waals surface area contributed by atoms with E-state index in [2.05, 4.69) is 11.4 Å². The van der Waals surface area contributed by atoms with E-state index in [1.807, 2.05) is 0 Å². The van der Waals surface area contributed by atoms with Crippen LogP contribution in [0.25, 0.3) is 0 Å². The van der Waals surface area contributed by atoms with Gasteiger partial charge in [-0.05, 0) is 17.7 Å². The summed E-state index contributed by atoms with van der Waals surface area (Å²) in [5.41, 5.74) is 1.56. The van der Waals surface area contributed by atoms with Gasteiger partial charge < -0.3 is 15.5 Å². The highest BCUT2D eigenvalue weighted by atomic mass is 16.3. The molecule has 0 spiro atoms. The van der Waals surface area contributed by atoms with Crippen LogP contribution < -0.4 is 5.32 Å². The van der Waals surface area contributed by atoms with Crippen LogP contribution in [-0.4, -0.2) is 52.9 Å². The summed E-state index contributed by atoms with van der Waals surface area (Å²) in [5.74, 6) is -0.195. The molecule has 0 unspecified atom stereocenters. The fraction of sp³-hybridized carbons (Fsp3) is 0.429. The predicted molar refractivity (Wildman–Crippen MR) is 72.8 cm³/mol. The molecule has 1 aromatic carbocycles. The predicted octanol–water partition coefficient (Wildman–Crippen LogP) is -0.271. The third kappa shape index (κ3) is 3.78. The number of anilines is 1. The van der Waals surface area contributed by atoms with E-state index >= 15 is 0 Å². The second kappa shape index (κ2) is 6.48. The Morgan fingerprint density at radius 2 is 1.90 bits per heavy atom. The standard InChI is InChI=1S/C14H17N3O3/c15-6-5-10-1-3-11(4-2-10)16-14(20)9-17-7-12(18)13(19)8-17/h1-4,12-13,18-19H,5,7-9H2,(H,16,20)/t12-,13+.